The predicted octanol–water partition coefficient (Wildman–Crippen LogP) is 3.85. The average Bonchev–Trinajstić information content (AvgIpc) is 2.27. The minimum atomic E-state index is 0.385. The van der Waals surface area contributed by atoms with E-state index in [4.69, 9.17) is 16.3 Å². The monoisotopic (exact) mass is 218 g/mol. The second-order valence-corrected chi connectivity index (χ2v) is 4.90. The molecule has 1 rings (SSSR count). The quantitative estimate of drug-likeness (QED) is 0.637. The molecule has 0 unspecified atom stereocenters. The Morgan fingerprint density at radius 3 is 2.21 bits per heavy atom. The third-order valence-electron chi connectivity index (χ3n) is 3.71. The van der Waals surface area contributed by atoms with Crippen molar-refractivity contribution in [2.24, 2.45) is 11.3 Å². The molecule has 1 aliphatic heterocycles. The summed E-state index contributed by atoms with van der Waals surface area (Å²) < 4.78 is 5.42. The fourth-order valence-electron chi connectivity index (χ4n) is 2.39. The molecule has 0 aliphatic carbocycles. The van der Waals surface area contributed by atoms with Gasteiger partial charge in [0.05, 0.1) is 0 Å². The lowest BCUT2D eigenvalue weighted by atomic mass is 9.74. The molecule has 1 aliphatic rings. The van der Waals surface area contributed by atoms with E-state index >= 15 is 0 Å². The summed E-state index contributed by atoms with van der Waals surface area (Å²) in [7, 11) is 0. The van der Waals surface area contributed by atoms with E-state index in [9.17, 15) is 0 Å². The first-order chi connectivity index (χ1) is 6.76. The lowest BCUT2D eigenvalue weighted by molar-refractivity contribution is 0.0129. The van der Waals surface area contributed by atoms with Gasteiger partial charge in [-0.2, -0.15) is 0 Å². The van der Waals surface area contributed by atoms with Crippen molar-refractivity contribution in [2.45, 2.75) is 46.0 Å². The maximum Gasteiger partial charge on any atom is 0.0471 e. The Bertz CT molecular complexity index is 148. The molecule has 0 radical (unpaired) electrons. The predicted molar refractivity (Wildman–Crippen MR) is 61.9 cm³/mol. The van der Waals surface area contributed by atoms with Crippen molar-refractivity contribution in [2.75, 3.05) is 19.1 Å². The van der Waals surface area contributed by atoms with Gasteiger partial charge in [-0.3, -0.25) is 0 Å². The molecule has 0 N–H and O–H groups in total. The van der Waals surface area contributed by atoms with Crippen LogP contribution in [0.4, 0.5) is 0 Å². The van der Waals surface area contributed by atoms with Gasteiger partial charge in [-0.05, 0) is 30.6 Å². The van der Waals surface area contributed by atoms with Crippen LogP contribution in [0.1, 0.15) is 46.0 Å². The summed E-state index contributed by atoms with van der Waals surface area (Å²) in [4.78, 5) is 0. The zero-order valence-electron chi connectivity index (χ0n) is 9.52. The number of hydrogen-bond donors (Lipinski definition) is 0. The summed E-state index contributed by atoms with van der Waals surface area (Å²) in [6.07, 6.45) is 6.19. The lowest BCUT2D eigenvalue weighted by Gasteiger charge is -2.38. The minimum Gasteiger partial charge on any atom is -0.381 e. The van der Waals surface area contributed by atoms with Crippen LogP contribution in [-0.2, 0) is 4.74 Å². The summed E-state index contributed by atoms with van der Waals surface area (Å²) in [6.45, 7) is 6.39. The van der Waals surface area contributed by atoms with E-state index < -0.39 is 0 Å². The molecule has 0 bridgehead atoms. The molecule has 0 saturated carbocycles. The lowest BCUT2D eigenvalue weighted by Crippen LogP contribution is -2.33. The smallest absolute Gasteiger partial charge is 0.0471 e. The zero-order valence-corrected chi connectivity index (χ0v) is 10.3. The highest BCUT2D eigenvalue weighted by atomic mass is 35.5. The van der Waals surface area contributed by atoms with Gasteiger partial charge in [-0.25, -0.2) is 0 Å². The molecule has 1 fully saturated rings. The van der Waals surface area contributed by atoms with Crippen molar-refractivity contribution in [3.05, 3.63) is 0 Å². The van der Waals surface area contributed by atoms with Gasteiger partial charge in [0.2, 0.25) is 0 Å². The third kappa shape index (κ3) is 3.13. The fourth-order valence-corrected chi connectivity index (χ4v) is 2.76. The van der Waals surface area contributed by atoms with Gasteiger partial charge in [-0.15, -0.1) is 11.6 Å². The fraction of sp³-hybridized carbons (Fsp3) is 1.00. The molecule has 0 atom stereocenters. The Balaban J connectivity index is 2.50. The average molecular weight is 219 g/mol. The van der Waals surface area contributed by atoms with Crippen LogP contribution in [0.5, 0.6) is 0 Å². The topological polar surface area (TPSA) is 9.23 Å². The molecule has 0 aromatic heterocycles. The molecule has 1 nitrogen and oxygen atoms in total. The van der Waals surface area contributed by atoms with Crippen LogP contribution in [-0.4, -0.2) is 19.1 Å². The van der Waals surface area contributed by atoms with Crippen molar-refractivity contribution < 1.29 is 4.74 Å². The maximum atomic E-state index is 6.14. The number of rotatable bonds is 5. The highest BCUT2D eigenvalue weighted by Gasteiger charge is 2.33. The summed E-state index contributed by atoms with van der Waals surface area (Å²) in [5.74, 6) is 1.67. The van der Waals surface area contributed by atoms with Crippen molar-refractivity contribution in [3.63, 3.8) is 0 Å². The molecule has 1 saturated heterocycles. The van der Waals surface area contributed by atoms with Crippen molar-refractivity contribution in [1.82, 2.24) is 0 Å². The molecule has 0 aromatic carbocycles. The first-order valence-electron chi connectivity index (χ1n) is 5.90. The Morgan fingerprint density at radius 2 is 1.79 bits per heavy atom. The van der Waals surface area contributed by atoms with Crippen LogP contribution in [0.25, 0.3) is 0 Å². The van der Waals surface area contributed by atoms with Gasteiger partial charge in [0.1, 0.15) is 0 Å². The molecule has 1 heterocycles. The van der Waals surface area contributed by atoms with Gasteiger partial charge in [0, 0.05) is 19.1 Å². The van der Waals surface area contributed by atoms with Crippen LogP contribution >= 0.6 is 11.6 Å². The Morgan fingerprint density at radius 1 is 1.21 bits per heavy atom. The molecule has 2 heteroatoms. The van der Waals surface area contributed by atoms with Crippen LogP contribution < -0.4 is 0 Å². The molecule has 0 amide bonds. The van der Waals surface area contributed by atoms with E-state index in [0.717, 1.165) is 37.9 Å². The van der Waals surface area contributed by atoms with Crippen molar-refractivity contribution in [1.29, 1.82) is 0 Å². The van der Waals surface area contributed by atoms with E-state index in [2.05, 4.69) is 13.8 Å². The molecular formula is C12H23ClO. The van der Waals surface area contributed by atoms with Crippen molar-refractivity contribution in [3.8, 4) is 0 Å². The van der Waals surface area contributed by atoms with E-state index in [1.54, 1.807) is 0 Å². The summed E-state index contributed by atoms with van der Waals surface area (Å²) >= 11 is 6.14. The normalized spacial score (nSPS) is 21.4. The van der Waals surface area contributed by atoms with Crippen molar-refractivity contribution >= 4 is 11.6 Å². The van der Waals surface area contributed by atoms with Gasteiger partial charge < -0.3 is 4.74 Å². The summed E-state index contributed by atoms with van der Waals surface area (Å²) in [5, 5.41) is 0. The number of hydrogen-bond acceptors (Lipinski definition) is 1. The molecule has 0 aromatic rings. The zero-order chi connectivity index (χ0) is 10.4. The number of halogens is 1. The van der Waals surface area contributed by atoms with E-state index in [0.29, 0.717) is 5.41 Å². The summed E-state index contributed by atoms with van der Waals surface area (Å²) in [6, 6.07) is 0. The van der Waals surface area contributed by atoms with Gasteiger partial charge >= 0.3 is 0 Å². The Kier molecular flexibility index (Phi) is 5.25. The highest BCUT2D eigenvalue weighted by Crippen LogP contribution is 2.39. The molecular weight excluding hydrogens is 196 g/mol. The summed E-state index contributed by atoms with van der Waals surface area (Å²) in [5.41, 5.74) is 0.385. The number of alkyl halides is 1. The van der Waals surface area contributed by atoms with Crippen LogP contribution in [0, 0.1) is 11.3 Å². The van der Waals surface area contributed by atoms with Gasteiger partial charge in [-0.1, -0.05) is 26.7 Å². The Hall–Kier alpha value is 0.250. The molecule has 14 heavy (non-hydrogen) atoms. The Labute approximate surface area is 93.2 Å². The van der Waals surface area contributed by atoms with E-state index in [-0.39, 0.29) is 0 Å². The van der Waals surface area contributed by atoms with E-state index in [1.807, 2.05) is 0 Å². The van der Waals surface area contributed by atoms with Crippen LogP contribution in [0.15, 0.2) is 0 Å². The first kappa shape index (κ1) is 12.3. The third-order valence-corrected chi connectivity index (χ3v) is 4.28. The minimum absolute atomic E-state index is 0.385. The van der Waals surface area contributed by atoms with Gasteiger partial charge in [0.25, 0.3) is 0 Å². The largest absolute Gasteiger partial charge is 0.381 e. The molecule has 84 valence electrons. The maximum absolute atomic E-state index is 6.14. The first-order valence-corrected chi connectivity index (χ1v) is 6.43. The van der Waals surface area contributed by atoms with Crippen LogP contribution in [0.3, 0.4) is 0 Å². The van der Waals surface area contributed by atoms with Crippen LogP contribution in [0.2, 0.25) is 0 Å². The second kappa shape index (κ2) is 5.97. The SMILES string of the molecule is CCC(CC)CC1(CCl)CCOCC1. The standard InChI is InChI=1S/C12H23ClO/c1-3-11(4-2)9-12(10-13)5-7-14-8-6-12/h11H,3-10H2,1-2H3. The molecule has 0 spiro atoms. The highest BCUT2D eigenvalue weighted by molar-refractivity contribution is 6.18. The van der Waals surface area contributed by atoms with E-state index in [1.165, 1.54) is 19.3 Å². The second-order valence-electron chi connectivity index (χ2n) is 4.63. The number of ether oxygens (including phenoxy) is 1. The van der Waals surface area contributed by atoms with Gasteiger partial charge in [0.15, 0.2) is 0 Å².